The molecule has 1 unspecified atom stereocenters. The number of amides is 1. The third-order valence-electron chi connectivity index (χ3n) is 4.39. The summed E-state index contributed by atoms with van der Waals surface area (Å²) in [6.07, 6.45) is 1.85. The van der Waals surface area contributed by atoms with Gasteiger partial charge in [-0.3, -0.25) is 9.59 Å². The van der Waals surface area contributed by atoms with Crippen LogP contribution in [0.3, 0.4) is 0 Å². The Morgan fingerprint density at radius 1 is 1.32 bits per heavy atom. The summed E-state index contributed by atoms with van der Waals surface area (Å²) in [5.41, 5.74) is 0.768. The molecule has 1 aliphatic rings. The van der Waals surface area contributed by atoms with Gasteiger partial charge in [-0.15, -0.1) is 0 Å². The van der Waals surface area contributed by atoms with Crippen LogP contribution >= 0.6 is 0 Å². The number of carbonyl (C=O) groups excluding carboxylic acids is 1. The molecule has 0 radical (unpaired) electrons. The van der Waals surface area contributed by atoms with Crippen molar-refractivity contribution in [3.05, 3.63) is 36.1 Å². The molecular formula is C17H19NO4. The number of hydrogen-bond acceptors (Lipinski definition) is 3. The highest BCUT2D eigenvalue weighted by molar-refractivity contribution is 5.85. The Morgan fingerprint density at radius 3 is 2.77 bits per heavy atom. The topological polar surface area (TPSA) is 79.5 Å². The number of carboxylic acids is 1. The summed E-state index contributed by atoms with van der Waals surface area (Å²) in [7, 11) is 0. The Morgan fingerprint density at radius 2 is 2.09 bits per heavy atom. The lowest BCUT2D eigenvalue weighted by molar-refractivity contribution is -0.141. The fourth-order valence-corrected chi connectivity index (χ4v) is 3.01. The maximum absolute atomic E-state index is 12.3. The molecule has 0 aliphatic heterocycles. The van der Waals surface area contributed by atoms with E-state index in [0.29, 0.717) is 18.6 Å². The van der Waals surface area contributed by atoms with Crippen molar-refractivity contribution in [1.82, 2.24) is 5.32 Å². The molecule has 22 heavy (non-hydrogen) atoms. The summed E-state index contributed by atoms with van der Waals surface area (Å²) in [4.78, 5) is 23.3. The van der Waals surface area contributed by atoms with Crippen LogP contribution < -0.4 is 5.32 Å². The van der Waals surface area contributed by atoms with Crippen molar-refractivity contribution in [1.29, 1.82) is 0 Å². The predicted octanol–water partition coefficient (Wildman–Crippen LogP) is 2.91. The number of carbonyl (C=O) groups is 2. The first-order valence-electron chi connectivity index (χ1n) is 7.56. The molecule has 3 atom stereocenters. The molecule has 0 spiro atoms. The van der Waals surface area contributed by atoms with Gasteiger partial charge in [-0.1, -0.05) is 18.2 Å². The minimum atomic E-state index is -0.776. The van der Waals surface area contributed by atoms with E-state index in [2.05, 4.69) is 5.32 Å². The van der Waals surface area contributed by atoms with Crippen molar-refractivity contribution in [2.24, 2.45) is 5.92 Å². The van der Waals surface area contributed by atoms with E-state index in [1.807, 2.05) is 30.3 Å². The zero-order valence-corrected chi connectivity index (χ0v) is 12.4. The van der Waals surface area contributed by atoms with E-state index in [9.17, 15) is 9.59 Å². The van der Waals surface area contributed by atoms with Crippen LogP contribution in [0.15, 0.2) is 34.7 Å². The largest absolute Gasteiger partial charge is 0.481 e. The van der Waals surface area contributed by atoms with Crippen LogP contribution in [-0.2, 0) is 9.59 Å². The van der Waals surface area contributed by atoms with E-state index in [-0.39, 0.29) is 17.9 Å². The molecule has 0 saturated heterocycles. The van der Waals surface area contributed by atoms with E-state index >= 15 is 0 Å². The lowest BCUT2D eigenvalue weighted by atomic mass is 10.1. The molecule has 2 N–H and O–H groups in total. The van der Waals surface area contributed by atoms with Crippen LogP contribution in [0.5, 0.6) is 0 Å². The minimum absolute atomic E-state index is 0.0552. The Hall–Kier alpha value is -2.30. The van der Waals surface area contributed by atoms with E-state index in [0.717, 1.165) is 17.4 Å². The molecule has 0 bridgehead atoms. The van der Waals surface area contributed by atoms with Crippen LogP contribution in [0.2, 0.25) is 0 Å². The Balaban J connectivity index is 1.66. The van der Waals surface area contributed by atoms with Gasteiger partial charge in [-0.25, -0.2) is 0 Å². The molecular weight excluding hydrogens is 282 g/mol. The second-order valence-corrected chi connectivity index (χ2v) is 5.96. The summed E-state index contributed by atoms with van der Waals surface area (Å²) < 4.78 is 5.72. The number of furan rings is 1. The molecule has 3 rings (SSSR count). The highest BCUT2D eigenvalue weighted by Crippen LogP contribution is 2.28. The smallest absolute Gasteiger partial charge is 0.306 e. The molecule has 5 heteroatoms. The van der Waals surface area contributed by atoms with Gasteiger partial charge in [0.2, 0.25) is 5.91 Å². The Kier molecular flexibility index (Phi) is 3.88. The molecule has 1 aromatic carbocycles. The summed E-state index contributed by atoms with van der Waals surface area (Å²) in [5.74, 6) is -0.994. The van der Waals surface area contributed by atoms with Crippen LogP contribution in [0, 0.1) is 5.92 Å². The van der Waals surface area contributed by atoms with Crippen molar-refractivity contribution in [3.8, 4) is 0 Å². The highest BCUT2D eigenvalue weighted by Gasteiger charge is 2.31. The number of nitrogens with one attached hydrogen (secondary N) is 1. The van der Waals surface area contributed by atoms with E-state index in [4.69, 9.17) is 9.52 Å². The zero-order valence-electron chi connectivity index (χ0n) is 12.4. The molecule has 5 nitrogen and oxygen atoms in total. The van der Waals surface area contributed by atoms with Crippen LogP contribution in [0.25, 0.3) is 11.0 Å². The first-order chi connectivity index (χ1) is 10.5. The van der Waals surface area contributed by atoms with Gasteiger partial charge in [0.05, 0.1) is 11.8 Å². The molecule has 2 aromatic rings. The third kappa shape index (κ3) is 2.84. The Bertz CT molecular complexity index is 673. The van der Waals surface area contributed by atoms with Gasteiger partial charge in [-0.05, 0) is 38.3 Å². The predicted molar refractivity (Wildman–Crippen MR) is 81.5 cm³/mol. The monoisotopic (exact) mass is 301 g/mol. The zero-order chi connectivity index (χ0) is 15.7. The van der Waals surface area contributed by atoms with Crippen LogP contribution in [-0.4, -0.2) is 23.0 Å². The number of para-hydroxylation sites is 1. The first-order valence-corrected chi connectivity index (χ1v) is 7.56. The molecule has 1 amide bonds. The lowest BCUT2D eigenvalue weighted by Crippen LogP contribution is -2.36. The van der Waals surface area contributed by atoms with Gasteiger partial charge in [0.25, 0.3) is 0 Å². The van der Waals surface area contributed by atoms with Crippen molar-refractivity contribution < 1.29 is 19.1 Å². The van der Waals surface area contributed by atoms with Gasteiger partial charge in [0.15, 0.2) is 0 Å². The molecule has 1 fully saturated rings. The fourth-order valence-electron chi connectivity index (χ4n) is 3.01. The van der Waals surface area contributed by atoms with Crippen molar-refractivity contribution >= 4 is 22.8 Å². The SMILES string of the molecule is CC(C(=O)N[C@@H]1CC[C@H](C(=O)O)C1)c1cc2ccccc2o1. The highest BCUT2D eigenvalue weighted by atomic mass is 16.4. The number of aliphatic carboxylic acids is 1. The average molecular weight is 301 g/mol. The van der Waals surface area contributed by atoms with Gasteiger partial charge in [-0.2, -0.15) is 0 Å². The third-order valence-corrected chi connectivity index (χ3v) is 4.39. The summed E-state index contributed by atoms with van der Waals surface area (Å²) >= 11 is 0. The van der Waals surface area contributed by atoms with E-state index in [1.54, 1.807) is 6.92 Å². The van der Waals surface area contributed by atoms with Gasteiger partial charge >= 0.3 is 5.97 Å². The van der Waals surface area contributed by atoms with Crippen LogP contribution in [0.4, 0.5) is 0 Å². The quantitative estimate of drug-likeness (QED) is 0.910. The number of hydrogen-bond donors (Lipinski definition) is 2. The van der Waals surface area contributed by atoms with Gasteiger partial charge in [0, 0.05) is 11.4 Å². The van der Waals surface area contributed by atoms with E-state index in [1.165, 1.54) is 0 Å². The number of carboxylic acid groups (broad SMARTS) is 1. The average Bonchev–Trinajstić information content (AvgIpc) is 3.12. The number of benzene rings is 1. The first kappa shape index (κ1) is 14.6. The second-order valence-electron chi connectivity index (χ2n) is 5.96. The summed E-state index contributed by atoms with van der Waals surface area (Å²) in [6, 6.07) is 9.47. The number of rotatable bonds is 4. The minimum Gasteiger partial charge on any atom is -0.481 e. The maximum atomic E-state index is 12.3. The summed E-state index contributed by atoms with van der Waals surface area (Å²) in [6.45, 7) is 1.80. The van der Waals surface area contributed by atoms with Crippen molar-refractivity contribution in [3.63, 3.8) is 0 Å². The maximum Gasteiger partial charge on any atom is 0.306 e. The molecule has 116 valence electrons. The molecule has 1 heterocycles. The molecule has 1 aliphatic carbocycles. The van der Waals surface area contributed by atoms with Gasteiger partial charge < -0.3 is 14.8 Å². The molecule has 1 aromatic heterocycles. The molecule has 1 saturated carbocycles. The normalized spacial score (nSPS) is 22.6. The lowest BCUT2D eigenvalue weighted by Gasteiger charge is -2.15. The number of fused-ring (bicyclic) bond motifs is 1. The van der Waals surface area contributed by atoms with E-state index < -0.39 is 11.9 Å². The standard InChI is InChI=1S/C17H19NO4/c1-10(15-9-11-4-2-3-5-14(11)22-15)16(19)18-13-7-6-12(8-13)17(20)21/h2-5,9-10,12-13H,6-8H2,1H3,(H,18,19)(H,20,21)/t10?,12-,13+/m0/s1. The van der Waals surface area contributed by atoms with Crippen molar-refractivity contribution in [2.75, 3.05) is 0 Å². The van der Waals surface area contributed by atoms with Crippen LogP contribution in [0.1, 0.15) is 37.9 Å². The Labute approximate surface area is 128 Å². The second kappa shape index (κ2) is 5.83. The summed E-state index contributed by atoms with van der Waals surface area (Å²) in [5, 5.41) is 12.9. The fraction of sp³-hybridized carbons (Fsp3) is 0.412. The van der Waals surface area contributed by atoms with Crippen molar-refractivity contribution in [2.45, 2.75) is 38.1 Å². The van der Waals surface area contributed by atoms with Gasteiger partial charge in [0.1, 0.15) is 11.3 Å².